The van der Waals surface area contributed by atoms with Gasteiger partial charge in [0, 0.05) is 20.0 Å². The zero-order valence-corrected chi connectivity index (χ0v) is 11.6. The maximum Gasteiger partial charge on any atom is 0.223 e. The number of hydrogen-bond donors (Lipinski definition) is 0. The van der Waals surface area contributed by atoms with Gasteiger partial charge in [0.05, 0.1) is 23.1 Å². The van der Waals surface area contributed by atoms with E-state index in [-0.39, 0.29) is 29.4 Å². The van der Waals surface area contributed by atoms with Crippen LogP contribution in [0.4, 0.5) is 0 Å². The first-order valence-corrected chi connectivity index (χ1v) is 7.51. The Labute approximate surface area is 113 Å². The molecule has 1 aromatic rings. The van der Waals surface area contributed by atoms with Crippen LogP contribution in [-0.4, -0.2) is 38.6 Å². The van der Waals surface area contributed by atoms with Gasteiger partial charge in [-0.2, -0.15) is 5.26 Å². The molecule has 102 valence electrons. The monoisotopic (exact) mass is 280 g/mol. The highest BCUT2D eigenvalue weighted by atomic mass is 32.2. The highest BCUT2D eigenvalue weighted by Gasteiger charge is 2.17. The number of benzene rings is 1. The van der Waals surface area contributed by atoms with Crippen LogP contribution in [0.15, 0.2) is 35.2 Å². The highest BCUT2D eigenvalue weighted by Crippen LogP contribution is 2.11. The van der Waals surface area contributed by atoms with Crippen molar-refractivity contribution in [1.29, 1.82) is 5.26 Å². The van der Waals surface area contributed by atoms with Gasteiger partial charge in [-0.05, 0) is 12.1 Å². The molecule has 0 aliphatic carbocycles. The zero-order chi connectivity index (χ0) is 14.3. The molecular formula is C13H16N2O3S. The van der Waals surface area contributed by atoms with Crippen molar-refractivity contribution in [2.24, 2.45) is 0 Å². The van der Waals surface area contributed by atoms with E-state index in [4.69, 9.17) is 5.26 Å². The molecule has 0 fully saturated rings. The number of carbonyl (C=O) groups excluding carboxylic acids is 1. The van der Waals surface area contributed by atoms with Crippen LogP contribution in [0.1, 0.15) is 12.8 Å². The molecule has 0 saturated heterocycles. The third-order valence-corrected chi connectivity index (χ3v) is 4.40. The molecule has 0 aliphatic rings. The van der Waals surface area contributed by atoms with Crippen LogP contribution in [0.3, 0.4) is 0 Å². The van der Waals surface area contributed by atoms with Crippen molar-refractivity contribution in [3.05, 3.63) is 30.3 Å². The third-order valence-electron chi connectivity index (χ3n) is 2.67. The number of nitriles is 1. The molecule has 0 spiro atoms. The van der Waals surface area contributed by atoms with Gasteiger partial charge in [0.15, 0.2) is 9.84 Å². The average molecular weight is 280 g/mol. The maximum absolute atomic E-state index is 12.0. The van der Waals surface area contributed by atoms with Gasteiger partial charge >= 0.3 is 0 Å². The molecule has 0 unspecified atom stereocenters. The predicted octanol–water partition coefficient (Wildman–Crippen LogP) is 1.22. The Balaban J connectivity index is 2.57. The van der Waals surface area contributed by atoms with Gasteiger partial charge in [0.1, 0.15) is 0 Å². The molecule has 0 aromatic heterocycles. The average Bonchev–Trinajstić information content (AvgIpc) is 2.43. The molecule has 0 atom stereocenters. The van der Waals surface area contributed by atoms with Crippen LogP contribution in [-0.2, 0) is 14.6 Å². The highest BCUT2D eigenvalue weighted by molar-refractivity contribution is 7.91. The van der Waals surface area contributed by atoms with E-state index >= 15 is 0 Å². The van der Waals surface area contributed by atoms with Crippen molar-refractivity contribution in [2.75, 3.05) is 19.3 Å². The Hall–Kier alpha value is -1.87. The van der Waals surface area contributed by atoms with E-state index in [0.29, 0.717) is 6.54 Å². The molecule has 6 heteroatoms. The summed E-state index contributed by atoms with van der Waals surface area (Å²) in [4.78, 5) is 13.3. The lowest BCUT2D eigenvalue weighted by molar-refractivity contribution is -0.129. The van der Waals surface area contributed by atoms with Crippen LogP contribution < -0.4 is 0 Å². The van der Waals surface area contributed by atoms with Crippen molar-refractivity contribution in [1.82, 2.24) is 4.90 Å². The third kappa shape index (κ3) is 4.72. The Bertz CT molecular complexity index is 561. The molecule has 1 rings (SSSR count). The molecule has 0 N–H and O–H groups in total. The summed E-state index contributed by atoms with van der Waals surface area (Å²) in [6.07, 6.45) is 0.173. The normalized spacial score (nSPS) is 10.7. The Morgan fingerprint density at radius 3 is 2.53 bits per heavy atom. The van der Waals surface area contributed by atoms with Gasteiger partial charge in [0.2, 0.25) is 5.91 Å². The van der Waals surface area contributed by atoms with Crippen LogP contribution in [0, 0.1) is 11.3 Å². The minimum absolute atomic E-state index is 0.0703. The second-order valence-electron chi connectivity index (χ2n) is 4.11. The fraction of sp³-hybridized carbons (Fsp3) is 0.385. The summed E-state index contributed by atoms with van der Waals surface area (Å²) in [5.74, 6) is -0.484. The fourth-order valence-corrected chi connectivity index (χ4v) is 2.75. The number of sulfone groups is 1. The quantitative estimate of drug-likeness (QED) is 0.785. The largest absolute Gasteiger partial charge is 0.345 e. The first kappa shape index (κ1) is 15.2. The molecule has 0 saturated carbocycles. The van der Waals surface area contributed by atoms with Crippen LogP contribution in [0.5, 0.6) is 0 Å². The van der Waals surface area contributed by atoms with E-state index < -0.39 is 9.84 Å². The molecule has 0 heterocycles. The predicted molar refractivity (Wildman–Crippen MR) is 71.0 cm³/mol. The van der Waals surface area contributed by atoms with Crippen molar-refractivity contribution >= 4 is 15.7 Å². The first-order valence-electron chi connectivity index (χ1n) is 5.86. The Morgan fingerprint density at radius 2 is 1.95 bits per heavy atom. The van der Waals surface area contributed by atoms with E-state index in [9.17, 15) is 13.2 Å². The lowest BCUT2D eigenvalue weighted by Crippen LogP contribution is -2.29. The summed E-state index contributed by atoms with van der Waals surface area (Å²) in [7, 11) is -1.86. The van der Waals surface area contributed by atoms with Crippen LogP contribution in [0.25, 0.3) is 0 Å². The smallest absolute Gasteiger partial charge is 0.223 e. The number of carbonyl (C=O) groups is 1. The Morgan fingerprint density at radius 1 is 1.32 bits per heavy atom. The van der Waals surface area contributed by atoms with E-state index in [1.165, 1.54) is 17.0 Å². The molecule has 0 bridgehead atoms. The van der Waals surface area contributed by atoms with Gasteiger partial charge < -0.3 is 4.90 Å². The lowest BCUT2D eigenvalue weighted by Gasteiger charge is -2.15. The number of hydrogen-bond acceptors (Lipinski definition) is 4. The van der Waals surface area contributed by atoms with E-state index in [0.717, 1.165) is 0 Å². The van der Waals surface area contributed by atoms with Gasteiger partial charge in [-0.25, -0.2) is 8.42 Å². The van der Waals surface area contributed by atoms with Crippen molar-refractivity contribution in [3.8, 4) is 6.07 Å². The summed E-state index contributed by atoms with van der Waals surface area (Å²) < 4.78 is 23.9. The van der Waals surface area contributed by atoms with Gasteiger partial charge in [-0.3, -0.25) is 4.79 Å². The van der Waals surface area contributed by atoms with Gasteiger partial charge in [0.25, 0.3) is 0 Å². The number of nitrogens with zero attached hydrogens (tertiary/aromatic N) is 2. The topological polar surface area (TPSA) is 78.2 Å². The number of rotatable bonds is 6. The van der Waals surface area contributed by atoms with E-state index in [2.05, 4.69) is 0 Å². The minimum atomic E-state index is -3.42. The Kier molecular flexibility index (Phi) is 5.52. The van der Waals surface area contributed by atoms with Gasteiger partial charge in [-0.1, -0.05) is 18.2 Å². The van der Waals surface area contributed by atoms with Crippen molar-refractivity contribution < 1.29 is 13.2 Å². The maximum atomic E-state index is 12.0. The summed E-state index contributed by atoms with van der Waals surface area (Å²) in [6, 6.07) is 9.99. The zero-order valence-electron chi connectivity index (χ0n) is 10.7. The summed E-state index contributed by atoms with van der Waals surface area (Å²) in [6.45, 7) is 0.320. The van der Waals surface area contributed by atoms with Crippen molar-refractivity contribution in [3.63, 3.8) is 0 Å². The second kappa shape index (κ2) is 6.90. The fourth-order valence-electron chi connectivity index (χ4n) is 1.50. The second-order valence-corrected chi connectivity index (χ2v) is 6.21. The SMILES string of the molecule is CN(CCC#N)C(=O)CCS(=O)(=O)c1ccccc1. The van der Waals surface area contributed by atoms with E-state index in [1.54, 1.807) is 25.2 Å². The molecular weight excluding hydrogens is 264 g/mol. The standard InChI is InChI=1S/C13H16N2O3S/c1-15(10-5-9-14)13(16)8-11-19(17,18)12-6-3-2-4-7-12/h2-4,6-7H,5,8,10-11H2,1H3. The summed E-state index contributed by atoms with van der Waals surface area (Å²) >= 11 is 0. The number of amides is 1. The summed E-state index contributed by atoms with van der Waals surface area (Å²) in [5.41, 5.74) is 0. The lowest BCUT2D eigenvalue weighted by atomic mass is 10.3. The minimum Gasteiger partial charge on any atom is -0.345 e. The van der Waals surface area contributed by atoms with E-state index in [1.807, 2.05) is 6.07 Å². The van der Waals surface area contributed by atoms with Crippen LogP contribution in [0.2, 0.25) is 0 Å². The molecule has 19 heavy (non-hydrogen) atoms. The first-order chi connectivity index (χ1) is 8.97. The molecule has 1 aromatic carbocycles. The molecule has 0 radical (unpaired) electrons. The summed E-state index contributed by atoms with van der Waals surface area (Å²) in [5, 5.41) is 8.42. The molecule has 5 nitrogen and oxygen atoms in total. The molecule has 0 aliphatic heterocycles. The van der Waals surface area contributed by atoms with Crippen molar-refractivity contribution in [2.45, 2.75) is 17.7 Å². The van der Waals surface area contributed by atoms with Crippen LogP contribution >= 0.6 is 0 Å². The molecule has 1 amide bonds. The van der Waals surface area contributed by atoms with Gasteiger partial charge in [-0.15, -0.1) is 0 Å².